The molecule has 1 aliphatic rings. The summed E-state index contributed by atoms with van der Waals surface area (Å²) in [7, 11) is 0. The maximum atomic E-state index is 13.2. The molecule has 1 aromatic heterocycles. The van der Waals surface area contributed by atoms with Crippen LogP contribution in [0, 0.1) is 5.41 Å². The molecule has 8 nitrogen and oxygen atoms in total. The van der Waals surface area contributed by atoms with E-state index in [9.17, 15) is 24.3 Å². The molecular weight excluding hydrogens is 374 g/mol. The molecule has 1 aromatic carbocycles. The summed E-state index contributed by atoms with van der Waals surface area (Å²) in [5.41, 5.74) is -1.43. The Morgan fingerprint density at radius 2 is 1.72 bits per heavy atom. The van der Waals surface area contributed by atoms with E-state index in [0.29, 0.717) is 11.4 Å². The van der Waals surface area contributed by atoms with Crippen LogP contribution in [-0.4, -0.2) is 44.4 Å². The maximum Gasteiger partial charge on any atom is 0.408 e. The summed E-state index contributed by atoms with van der Waals surface area (Å²) < 4.78 is 1.46. The van der Waals surface area contributed by atoms with Gasteiger partial charge in [0.15, 0.2) is 5.78 Å². The van der Waals surface area contributed by atoms with Gasteiger partial charge >= 0.3 is 6.09 Å². The van der Waals surface area contributed by atoms with Crippen molar-refractivity contribution in [2.45, 2.75) is 32.7 Å². The van der Waals surface area contributed by atoms with E-state index in [-0.39, 0.29) is 24.3 Å². The molecular formula is C21H23N3O5. The van der Waals surface area contributed by atoms with E-state index in [0.717, 1.165) is 4.90 Å². The van der Waals surface area contributed by atoms with Crippen LogP contribution >= 0.6 is 0 Å². The third-order valence-electron chi connectivity index (χ3n) is 5.32. The largest absolute Gasteiger partial charge is 0.465 e. The highest BCUT2D eigenvalue weighted by molar-refractivity contribution is 6.06. The second-order valence-electron chi connectivity index (χ2n) is 8.10. The molecule has 2 N–H and O–H groups in total. The molecule has 152 valence electrons. The Morgan fingerprint density at radius 1 is 1.07 bits per heavy atom. The third kappa shape index (κ3) is 3.53. The van der Waals surface area contributed by atoms with E-state index >= 15 is 0 Å². The predicted molar refractivity (Wildman–Crippen MR) is 107 cm³/mol. The molecule has 0 unspecified atom stereocenters. The molecule has 0 saturated carbocycles. The summed E-state index contributed by atoms with van der Waals surface area (Å²) in [5.74, 6) is -0.848. The van der Waals surface area contributed by atoms with Gasteiger partial charge in [-0.3, -0.25) is 23.9 Å². The number of ketones is 1. The number of carbonyl (C=O) groups is 3. The Kier molecular flexibility index (Phi) is 5.04. The predicted octanol–water partition coefficient (Wildman–Crippen LogP) is 2.51. The molecule has 0 bridgehead atoms. The number of amides is 2. The van der Waals surface area contributed by atoms with Gasteiger partial charge in [0.25, 0.3) is 11.5 Å². The first-order chi connectivity index (χ1) is 13.6. The summed E-state index contributed by atoms with van der Waals surface area (Å²) in [4.78, 5) is 50.0. The Hall–Kier alpha value is -3.42. The Morgan fingerprint density at radius 3 is 2.28 bits per heavy atom. The number of pyridine rings is 1. The van der Waals surface area contributed by atoms with Gasteiger partial charge in [0.1, 0.15) is 5.54 Å². The number of carboxylic acid groups (broad SMARTS) is 1. The number of Topliss-reactive ketones (excluding diaryl/α,β-unsaturated/α-hetero) is 1. The number of hydrogen-bond acceptors (Lipinski definition) is 4. The van der Waals surface area contributed by atoms with Gasteiger partial charge in [-0.05, 0) is 35.7 Å². The normalized spacial score (nSPS) is 19.3. The number of nitrogens with zero attached hydrogens (tertiary/aromatic N) is 2. The maximum absolute atomic E-state index is 13.2. The van der Waals surface area contributed by atoms with Crippen molar-refractivity contribution in [1.82, 2.24) is 9.47 Å². The van der Waals surface area contributed by atoms with E-state index in [1.165, 1.54) is 10.6 Å². The zero-order valence-corrected chi connectivity index (χ0v) is 16.5. The highest BCUT2D eigenvalue weighted by Crippen LogP contribution is 2.43. The third-order valence-corrected chi connectivity index (χ3v) is 5.32. The summed E-state index contributed by atoms with van der Waals surface area (Å²) >= 11 is 0. The zero-order chi connectivity index (χ0) is 21.4. The summed E-state index contributed by atoms with van der Waals surface area (Å²) in [5, 5.41) is 12.3. The smallest absolute Gasteiger partial charge is 0.408 e. The van der Waals surface area contributed by atoms with Crippen molar-refractivity contribution in [3.8, 4) is 5.69 Å². The van der Waals surface area contributed by atoms with Crippen LogP contribution in [0.1, 0.15) is 27.2 Å². The number of nitrogens with one attached hydrogen (secondary N) is 1. The lowest BCUT2D eigenvalue weighted by molar-refractivity contribution is -0.132. The minimum atomic E-state index is -1.51. The van der Waals surface area contributed by atoms with Crippen LogP contribution in [0.25, 0.3) is 5.69 Å². The number of anilines is 1. The van der Waals surface area contributed by atoms with Gasteiger partial charge in [-0.15, -0.1) is 0 Å². The minimum absolute atomic E-state index is 0.174. The van der Waals surface area contributed by atoms with Crippen molar-refractivity contribution >= 4 is 23.5 Å². The quantitative estimate of drug-likeness (QED) is 0.827. The van der Waals surface area contributed by atoms with Gasteiger partial charge in [0, 0.05) is 30.1 Å². The van der Waals surface area contributed by atoms with Crippen molar-refractivity contribution in [3.05, 3.63) is 59.0 Å². The van der Waals surface area contributed by atoms with Crippen LogP contribution in [-0.2, 0) is 9.59 Å². The molecule has 2 amide bonds. The van der Waals surface area contributed by atoms with Gasteiger partial charge in [-0.25, -0.2) is 4.79 Å². The molecule has 0 spiro atoms. The van der Waals surface area contributed by atoms with Gasteiger partial charge in [0.2, 0.25) is 0 Å². The van der Waals surface area contributed by atoms with Crippen molar-refractivity contribution in [3.63, 3.8) is 0 Å². The molecule has 2 heterocycles. The van der Waals surface area contributed by atoms with E-state index in [2.05, 4.69) is 5.32 Å². The van der Waals surface area contributed by atoms with Crippen LogP contribution in [0.2, 0.25) is 0 Å². The molecule has 1 aliphatic heterocycles. The fourth-order valence-electron chi connectivity index (χ4n) is 3.77. The van der Waals surface area contributed by atoms with Crippen molar-refractivity contribution in [2.75, 3.05) is 11.9 Å². The second kappa shape index (κ2) is 7.20. The zero-order valence-electron chi connectivity index (χ0n) is 16.5. The van der Waals surface area contributed by atoms with E-state index in [1.54, 1.807) is 63.4 Å². The Balaban J connectivity index is 1.91. The number of aromatic nitrogens is 1. The number of likely N-dealkylation sites (tertiary alicyclic amines) is 1. The molecule has 2 aromatic rings. The molecule has 1 saturated heterocycles. The highest BCUT2D eigenvalue weighted by atomic mass is 16.4. The van der Waals surface area contributed by atoms with E-state index < -0.39 is 23.0 Å². The first-order valence-corrected chi connectivity index (χ1v) is 9.18. The van der Waals surface area contributed by atoms with Crippen LogP contribution < -0.4 is 10.9 Å². The first kappa shape index (κ1) is 20.3. The summed E-state index contributed by atoms with van der Waals surface area (Å²) in [6.45, 7) is 4.92. The molecule has 29 heavy (non-hydrogen) atoms. The number of carbonyl (C=O) groups excluding carboxylic acids is 2. The summed E-state index contributed by atoms with van der Waals surface area (Å²) in [6, 6.07) is 11.4. The Labute approximate surface area is 167 Å². The lowest BCUT2D eigenvalue weighted by Gasteiger charge is -2.44. The second-order valence-corrected chi connectivity index (χ2v) is 8.10. The molecule has 1 fully saturated rings. The van der Waals surface area contributed by atoms with Crippen LogP contribution in [0.15, 0.2) is 53.5 Å². The molecule has 0 aliphatic carbocycles. The number of benzene rings is 1. The average molecular weight is 397 g/mol. The molecule has 1 atom stereocenters. The fourth-order valence-corrected chi connectivity index (χ4v) is 3.77. The number of rotatable bonds is 3. The topological polar surface area (TPSA) is 109 Å². The monoisotopic (exact) mass is 397 g/mol. The average Bonchev–Trinajstić information content (AvgIpc) is 3.02. The highest BCUT2D eigenvalue weighted by Gasteiger charge is 2.60. The summed E-state index contributed by atoms with van der Waals surface area (Å²) in [6.07, 6.45) is 0.158. The molecule has 3 rings (SSSR count). The van der Waals surface area contributed by atoms with Crippen molar-refractivity contribution in [2.24, 2.45) is 5.41 Å². The number of hydrogen-bond donors (Lipinski definition) is 2. The van der Waals surface area contributed by atoms with E-state index in [1.807, 2.05) is 0 Å². The van der Waals surface area contributed by atoms with Gasteiger partial charge in [-0.2, -0.15) is 0 Å². The lowest BCUT2D eigenvalue weighted by atomic mass is 9.71. The van der Waals surface area contributed by atoms with Gasteiger partial charge in [0.05, 0.1) is 6.54 Å². The van der Waals surface area contributed by atoms with Gasteiger partial charge < -0.3 is 10.4 Å². The van der Waals surface area contributed by atoms with Crippen molar-refractivity contribution < 1.29 is 19.5 Å². The van der Waals surface area contributed by atoms with Gasteiger partial charge in [-0.1, -0.05) is 26.8 Å². The van der Waals surface area contributed by atoms with Crippen molar-refractivity contribution in [1.29, 1.82) is 0 Å². The van der Waals surface area contributed by atoms with Crippen LogP contribution in [0.4, 0.5) is 10.5 Å². The lowest BCUT2D eigenvalue weighted by Crippen LogP contribution is -2.62. The standard InChI is InChI=1S/C21H23N3O5/c1-20(2,3)21(12-16(25)13-24(21)19(28)29)18(27)22-14-7-9-15(10-8-14)23-11-5-4-6-17(23)26/h4-11H,12-13H2,1-3H3,(H,22,27)(H,28,29)/t21-/m0/s1. The fraction of sp³-hybridized carbons (Fsp3) is 0.333. The molecule has 8 heteroatoms. The molecule has 0 radical (unpaired) electrons. The van der Waals surface area contributed by atoms with Crippen LogP contribution in [0.5, 0.6) is 0 Å². The Bertz CT molecular complexity index is 1020. The minimum Gasteiger partial charge on any atom is -0.465 e. The SMILES string of the molecule is CC(C)(C)[C@@]1(C(=O)Nc2ccc(-n3ccccc3=O)cc2)CC(=O)CN1C(=O)O. The van der Waals surface area contributed by atoms with E-state index in [4.69, 9.17) is 0 Å². The first-order valence-electron chi connectivity index (χ1n) is 9.18. The van der Waals surface area contributed by atoms with Crippen LogP contribution in [0.3, 0.4) is 0 Å².